The van der Waals surface area contributed by atoms with Crippen molar-refractivity contribution in [1.29, 1.82) is 0 Å². The summed E-state index contributed by atoms with van der Waals surface area (Å²) in [5, 5.41) is 2.46. The first-order chi connectivity index (χ1) is 15.9. The van der Waals surface area contributed by atoms with Crippen molar-refractivity contribution in [1.82, 2.24) is 0 Å². The van der Waals surface area contributed by atoms with Gasteiger partial charge < -0.3 is 9.16 Å². The first-order valence-electron chi connectivity index (χ1n) is 12.0. The zero-order valence-electron chi connectivity index (χ0n) is 20.1. The number of carbonyl (C=O) groups excluding carboxylic acids is 1. The summed E-state index contributed by atoms with van der Waals surface area (Å²) in [5.41, 5.74) is 2.91. The summed E-state index contributed by atoms with van der Waals surface area (Å²) in [4.78, 5) is 12.7. The number of benzene rings is 3. The second-order valence-electron chi connectivity index (χ2n) is 9.76. The van der Waals surface area contributed by atoms with Gasteiger partial charge in [0, 0.05) is 0 Å². The van der Waals surface area contributed by atoms with E-state index in [1.165, 1.54) is 10.4 Å². The molecule has 1 unspecified atom stereocenters. The Balaban J connectivity index is 1.86. The molecule has 4 rings (SSSR count). The SMILES string of the molecule is CCOC(=O)c1cccc2c1CCCC2O[Si](c1ccccc1)(c1ccccc1)C(C)(C)C. The molecule has 3 aromatic carbocycles. The standard InChI is InChI=1S/C29H34O3Si/c1-5-31-28(30)26-20-12-19-25-24(26)18-13-21-27(25)32-33(29(2,3)4,22-14-8-6-9-15-22)23-16-10-7-11-17-23/h6-12,14-17,19-20,27H,5,13,18,21H2,1-4H3. The summed E-state index contributed by atoms with van der Waals surface area (Å²) in [7, 11) is -2.68. The second kappa shape index (κ2) is 9.66. The van der Waals surface area contributed by atoms with Crippen LogP contribution in [0, 0.1) is 0 Å². The van der Waals surface area contributed by atoms with Gasteiger partial charge in [-0.2, -0.15) is 0 Å². The molecular weight excluding hydrogens is 424 g/mol. The van der Waals surface area contributed by atoms with Crippen molar-refractivity contribution in [3.05, 3.63) is 95.6 Å². The Morgan fingerprint density at radius 1 is 0.909 bits per heavy atom. The van der Waals surface area contributed by atoms with E-state index in [-0.39, 0.29) is 17.1 Å². The summed E-state index contributed by atoms with van der Waals surface area (Å²) < 4.78 is 12.8. The molecule has 172 valence electrons. The van der Waals surface area contributed by atoms with Gasteiger partial charge in [0.25, 0.3) is 8.32 Å². The Kier molecular flexibility index (Phi) is 6.87. The minimum atomic E-state index is -2.68. The van der Waals surface area contributed by atoms with E-state index in [0.717, 1.165) is 30.4 Å². The number of ether oxygens (including phenoxy) is 1. The maximum atomic E-state index is 12.7. The van der Waals surface area contributed by atoms with Crippen molar-refractivity contribution in [2.75, 3.05) is 6.61 Å². The average Bonchev–Trinajstić information content (AvgIpc) is 2.82. The molecule has 0 radical (unpaired) electrons. The van der Waals surface area contributed by atoms with Crippen molar-refractivity contribution in [3.8, 4) is 0 Å². The highest BCUT2D eigenvalue weighted by Crippen LogP contribution is 2.43. The smallest absolute Gasteiger partial charge is 0.338 e. The lowest BCUT2D eigenvalue weighted by molar-refractivity contribution is 0.0524. The number of fused-ring (bicyclic) bond motifs is 1. The predicted octanol–water partition coefficient (Wildman–Crippen LogP) is 5.82. The molecule has 0 spiro atoms. The molecule has 0 saturated heterocycles. The van der Waals surface area contributed by atoms with Crippen LogP contribution in [0.5, 0.6) is 0 Å². The number of esters is 1. The first-order valence-corrected chi connectivity index (χ1v) is 13.9. The van der Waals surface area contributed by atoms with Crippen LogP contribution in [0.15, 0.2) is 78.9 Å². The van der Waals surface area contributed by atoms with E-state index < -0.39 is 8.32 Å². The quantitative estimate of drug-likeness (QED) is 0.345. The van der Waals surface area contributed by atoms with Crippen LogP contribution < -0.4 is 10.4 Å². The number of rotatable bonds is 6. The third-order valence-corrected chi connectivity index (χ3v) is 11.7. The summed E-state index contributed by atoms with van der Waals surface area (Å²) in [6, 6.07) is 27.5. The zero-order chi connectivity index (χ0) is 23.5. The van der Waals surface area contributed by atoms with Crippen molar-refractivity contribution in [3.63, 3.8) is 0 Å². The fourth-order valence-electron chi connectivity index (χ4n) is 5.23. The highest BCUT2D eigenvalue weighted by molar-refractivity contribution is 6.99. The Bertz CT molecular complexity index is 1050. The highest BCUT2D eigenvalue weighted by atomic mass is 28.4. The molecule has 0 N–H and O–H groups in total. The Labute approximate surface area is 198 Å². The first kappa shape index (κ1) is 23.5. The van der Waals surface area contributed by atoms with E-state index in [2.05, 4.69) is 87.5 Å². The van der Waals surface area contributed by atoms with Crippen molar-refractivity contribution >= 4 is 24.7 Å². The van der Waals surface area contributed by atoms with Crippen LogP contribution in [-0.2, 0) is 15.6 Å². The van der Waals surface area contributed by atoms with Gasteiger partial charge in [-0.1, -0.05) is 93.6 Å². The van der Waals surface area contributed by atoms with Gasteiger partial charge in [0.05, 0.1) is 18.3 Å². The molecule has 4 heteroatoms. The van der Waals surface area contributed by atoms with E-state index >= 15 is 0 Å². The van der Waals surface area contributed by atoms with Gasteiger partial charge in [-0.25, -0.2) is 4.79 Å². The summed E-state index contributed by atoms with van der Waals surface area (Å²) in [6.07, 6.45) is 2.76. The monoisotopic (exact) mass is 458 g/mol. The van der Waals surface area contributed by atoms with Crippen LogP contribution in [0.4, 0.5) is 0 Å². The van der Waals surface area contributed by atoms with Gasteiger partial charge in [-0.05, 0) is 58.8 Å². The molecule has 1 aliphatic carbocycles. The molecule has 1 aliphatic rings. The lowest BCUT2D eigenvalue weighted by Crippen LogP contribution is -2.67. The van der Waals surface area contributed by atoms with E-state index in [1.54, 1.807) is 0 Å². The van der Waals surface area contributed by atoms with Crippen LogP contribution in [0.3, 0.4) is 0 Å². The molecule has 3 nitrogen and oxygen atoms in total. The number of hydrogen-bond acceptors (Lipinski definition) is 3. The maximum Gasteiger partial charge on any atom is 0.338 e. The second-order valence-corrected chi connectivity index (χ2v) is 14.0. The minimum absolute atomic E-state index is 0.0607. The largest absolute Gasteiger partial charge is 0.462 e. The fraction of sp³-hybridized carbons (Fsp3) is 0.345. The lowest BCUT2D eigenvalue weighted by atomic mass is 9.86. The topological polar surface area (TPSA) is 35.5 Å². The Hall–Kier alpha value is -2.69. The van der Waals surface area contributed by atoms with E-state index in [9.17, 15) is 4.79 Å². The Morgan fingerprint density at radius 2 is 1.52 bits per heavy atom. The molecule has 3 aromatic rings. The summed E-state index contributed by atoms with van der Waals surface area (Å²) in [6.45, 7) is 9.14. The van der Waals surface area contributed by atoms with Crippen LogP contribution >= 0.6 is 0 Å². The van der Waals surface area contributed by atoms with E-state index in [0.29, 0.717) is 12.2 Å². The number of carbonyl (C=O) groups is 1. The fourth-order valence-corrected chi connectivity index (χ4v) is 9.92. The molecule has 1 atom stereocenters. The number of hydrogen-bond donors (Lipinski definition) is 0. The van der Waals surface area contributed by atoms with Gasteiger partial charge >= 0.3 is 5.97 Å². The van der Waals surface area contributed by atoms with Crippen LogP contribution in [0.1, 0.15) is 68.1 Å². The van der Waals surface area contributed by atoms with Crippen molar-refractivity contribution in [2.24, 2.45) is 0 Å². The molecule has 0 heterocycles. The van der Waals surface area contributed by atoms with Gasteiger partial charge in [-0.15, -0.1) is 0 Å². The molecule has 0 bridgehead atoms. The Morgan fingerprint density at radius 3 is 2.06 bits per heavy atom. The van der Waals surface area contributed by atoms with Gasteiger partial charge in [0.2, 0.25) is 0 Å². The van der Waals surface area contributed by atoms with E-state index in [4.69, 9.17) is 9.16 Å². The summed E-state index contributed by atoms with van der Waals surface area (Å²) in [5.74, 6) is -0.236. The van der Waals surface area contributed by atoms with Gasteiger partial charge in [0.15, 0.2) is 0 Å². The minimum Gasteiger partial charge on any atom is -0.462 e. The maximum absolute atomic E-state index is 12.7. The molecule has 33 heavy (non-hydrogen) atoms. The van der Waals surface area contributed by atoms with Crippen molar-refractivity contribution < 1.29 is 14.0 Å². The van der Waals surface area contributed by atoms with Crippen LogP contribution in [-0.4, -0.2) is 20.9 Å². The molecule has 0 saturated carbocycles. The third kappa shape index (κ3) is 4.42. The third-order valence-electron chi connectivity index (χ3n) is 6.68. The molecule has 0 amide bonds. The zero-order valence-corrected chi connectivity index (χ0v) is 21.1. The highest BCUT2D eigenvalue weighted by Gasteiger charge is 2.52. The molecular formula is C29H34O3Si. The van der Waals surface area contributed by atoms with Crippen LogP contribution in [0.2, 0.25) is 5.04 Å². The predicted molar refractivity (Wildman–Crippen MR) is 137 cm³/mol. The van der Waals surface area contributed by atoms with Gasteiger partial charge in [0.1, 0.15) is 0 Å². The van der Waals surface area contributed by atoms with E-state index in [1.807, 2.05) is 19.1 Å². The normalized spacial score (nSPS) is 16.2. The average molecular weight is 459 g/mol. The molecule has 0 aromatic heterocycles. The summed E-state index contributed by atoms with van der Waals surface area (Å²) >= 11 is 0. The lowest BCUT2D eigenvalue weighted by Gasteiger charge is -2.46. The van der Waals surface area contributed by atoms with Crippen LogP contribution in [0.25, 0.3) is 0 Å². The molecule has 0 aliphatic heterocycles. The van der Waals surface area contributed by atoms with Crippen molar-refractivity contribution in [2.45, 2.75) is 58.1 Å². The molecule has 0 fully saturated rings. The van der Waals surface area contributed by atoms with Gasteiger partial charge in [-0.3, -0.25) is 0 Å².